The molecule has 0 aliphatic carbocycles. The van der Waals surface area contributed by atoms with Gasteiger partial charge >= 0.3 is 0 Å². The zero-order chi connectivity index (χ0) is 13.8. The van der Waals surface area contributed by atoms with E-state index in [2.05, 4.69) is 5.32 Å². The summed E-state index contributed by atoms with van der Waals surface area (Å²) in [6.07, 6.45) is 1.68. The summed E-state index contributed by atoms with van der Waals surface area (Å²) in [6.45, 7) is 2.46. The second kappa shape index (κ2) is 6.60. The van der Waals surface area contributed by atoms with Crippen molar-refractivity contribution in [2.45, 2.75) is 19.4 Å². The zero-order valence-electron chi connectivity index (χ0n) is 11.0. The number of carbonyl (C=O) groups is 1. The molecule has 1 fully saturated rings. The van der Waals surface area contributed by atoms with Crippen molar-refractivity contribution in [1.82, 2.24) is 10.2 Å². The first-order valence-electron chi connectivity index (χ1n) is 6.45. The second-order valence-electron chi connectivity index (χ2n) is 5.03. The topological polar surface area (TPSA) is 32.3 Å². The van der Waals surface area contributed by atoms with Gasteiger partial charge in [-0.15, -0.1) is 0 Å². The van der Waals surface area contributed by atoms with E-state index in [0.29, 0.717) is 28.9 Å². The quantitative estimate of drug-likeness (QED) is 0.927. The van der Waals surface area contributed by atoms with Crippen molar-refractivity contribution in [2.24, 2.45) is 5.92 Å². The van der Waals surface area contributed by atoms with E-state index in [1.165, 1.54) is 0 Å². The van der Waals surface area contributed by atoms with Gasteiger partial charge < -0.3 is 10.2 Å². The molecule has 1 N–H and O–H groups in total. The lowest BCUT2D eigenvalue weighted by atomic mass is 10.0. The van der Waals surface area contributed by atoms with Crippen LogP contribution in [0.4, 0.5) is 0 Å². The summed E-state index contributed by atoms with van der Waals surface area (Å²) in [5, 5.41) is 4.34. The molecule has 1 aliphatic heterocycles. The van der Waals surface area contributed by atoms with E-state index < -0.39 is 0 Å². The summed E-state index contributed by atoms with van der Waals surface area (Å²) >= 11 is 12.1. The summed E-state index contributed by atoms with van der Waals surface area (Å²) in [5.41, 5.74) is 0.884. The minimum Gasteiger partial charge on any atom is -0.341 e. The SMILES string of the molecule is CN(Cc1cccc(Cl)c1Cl)C(=O)CC1CCNC1. The van der Waals surface area contributed by atoms with Crippen molar-refractivity contribution in [2.75, 3.05) is 20.1 Å². The number of nitrogens with one attached hydrogen (secondary N) is 1. The van der Waals surface area contributed by atoms with E-state index in [9.17, 15) is 4.79 Å². The predicted molar refractivity (Wildman–Crippen MR) is 78.5 cm³/mol. The molecule has 1 unspecified atom stereocenters. The predicted octanol–water partition coefficient (Wildman–Crippen LogP) is 2.95. The maximum Gasteiger partial charge on any atom is 0.222 e. The third-order valence-corrected chi connectivity index (χ3v) is 4.35. The van der Waals surface area contributed by atoms with E-state index in [-0.39, 0.29) is 5.91 Å². The van der Waals surface area contributed by atoms with Crippen LogP contribution >= 0.6 is 23.2 Å². The van der Waals surface area contributed by atoms with Crippen LogP contribution < -0.4 is 5.32 Å². The van der Waals surface area contributed by atoms with Gasteiger partial charge in [-0.1, -0.05) is 35.3 Å². The molecule has 104 valence electrons. The first kappa shape index (κ1) is 14.6. The van der Waals surface area contributed by atoms with Crippen molar-refractivity contribution < 1.29 is 4.79 Å². The fourth-order valence-corrected chi connectivity index (χ4v) is 2.69. The molecule has 0 radical (unpaired) electrons. The molecule has 2 rings (SSSR count). The van der Waals surface area contributed by atoms with Crippen LogP contribution in [0.1, 0.15) is 18.4 Å². The molecule has 1 amide bonds. The van der Waals surface area contributed by atoms with Gasteiger partial charge in [0.15, 0.2) is 0 Å². The molecular formula is C14H18Cl2N2O. The van der Waals surface area contributed by atoms with Gasteiger partial charge in [0, 0.05) is 20.0 Å². The van der Waals surface area contributed by atoms with E-state index >= 15 is 0 Å². The van der Waals surface area contributed by atoms with Gasteiger partial charge in [0.25, 0.3) is 0 Å². The summed E-state index contributed by atoms with van der Waals surface area (Å²) in [4.78, 5) is 13.8. The maximum absolute atomic E-state index is 12.1. The Balaban J connectivity index is 1.94. The van der Waals surface area contributed by atoms with Crippen LogP contribution in [0.5, 0.6) is 0 Å². The average Bonchev–Trinajstić information content (AvgIpc) is 2.87. The summed E-state index contributed by atoms with van der Waals surface area (Å²) in [6, 6.07) is 5.50. The molecule has 0 bridgehead atoms. The van der Waals surface area contributed by atoms with E-state index in [4.69, 9.17) is 23.2 Å². The lowest BCUT2D eigenvalue weighted by Gasteiger charge is -2.20. The molecule has 5 heteroatoms. The molecule has 1 heterocycles. The van der Waals surface area contributed by atoms with Crippen molar-refractivity contribution in [1.29, 1.82) is 0 Å². The van der Waals surface area contributed by atoms with Gasteiger partial charge in [-0.05, 0) is 37.1 Å². The Morgan fingerprint density at radius 2 is 2.26 bits per heavy atom. The number of nitrogens with zero attached hydrogens (tertiary/aromatic N) is 1. The molecule has 1 atom stereocenters. The van der Waals surface area contributed by atoms with Gasteiger partial charge in [0.05, 0.1) is 10.0 Å². The van der Waals surface area contributed by atoms with Crippen LogP contribution in [-0.4, -0.2) is 30.9 Å². The van der Waals surface area contributed by atoms with E-state index in [1.807, 2.05) is 19.2 Å². The fourth-order valence-electron chi connectivity index (χ4n) is 2.31. The van der Waals surface area contributed by atoms with Crippen LogP contribution in [0.15, 0.2) is 18.2 Å². The smallest absolute Gasteiger partial charge is 0.222 e. The first-order valence-corrected chi connectivity index (χ1v) is 7.21. The highest BCUT2D eigenvalue weighted by molar-refractivity contribution is 6.42. The molecule has 1 aromatic rings. The first-order chi connectivity index (χ1) is 9.08. The minimum atomic E-state index is 0.157. The summed E-state index contributed by atoms with van der Waals surface area (Å²) < 4.78 is 0. The highest BCUT2D eigenvalue weighted by Crippen LogP contribution is 2.26. The molecule has 3 nitrogen and oxygen atoms in total. The Morgan fingerprint density at radius 3 is 2.95 bits per heavy atom. The highest BCUT2D eigenvalue weighted by atomic mass is 35.5. The average molecular weight is 301 g/mol. The molecule has 19 heavy (non-hydrogen) atoms. The third kappa shape index (κ3) is 3.85. The summed E-state index contributed by atoms with van der Waals surface area (Å²) in [5.74, 6) is 0.620. The van der Waals surface area contributed by atoms with E-state index in [0.717, 1.165) is 25.1 Å². The largest absolute Gasteiger partial charge is 0.341 e. The van der Waals surface area contributed by atoms with Gasteiger partial charge in [-0.3, -0.25) is 4.79 Å². The number of amides is 1. The fraction of sp³-hybridized carbons (Fsp3) is 0.500. The Morgan fingerprint density at radius 1 is 1.47 bits per heavy atom. The molecule has 1 saturated heterocycles. The Kier molecular flexibility index (Phi) is 5.08. The Bertz CT molecular complexity index is 459. The molecule has 0 aromatic heterocycles. The molecule has 0 saturated carbocycles. The van der Waals surface area contributed by atoms with Crippen LogP contribution in [0, 0.1) is 5.92 Å². The molecular weight excluding hydrogens is 283 g/mol. The third-order valence-electron chi connectivity index (χ3n) is 3.49. The van der Waals surface area contributed by atoms with Crippen LogP contribution in [0.2, 0.25) is 10.0 Å². The lowest BCUT2D eigenvalue weighted by Crippen LogP contribution is -2.28. The van der Waals surface area contributed by atoms with Crippen LogP contribution in [-0.2, 0) is 11.3 Å². The van der Waals surface area contributed by atoms with Crippen molar-refractivity contribution >= 4 is 29.1 Å². The molecule has 1 aliphatic rings. The minimum absolute atomic E-state index is 0.157. The Hall–Kier alpha value is -0.770. The van der Waals surface area contributed by atoms with Gasteiger partial charge in [0.1, 0.15) is 0 Å². The van der Waals surface area contributed by atoms with Crippen LogP contribution in [0.3, 0.4) is 0 Å². The second-order valence-corrected chi connectivity index (χ2v) is 5.81. The van der Waals surface area contributed by atoms with Crippen molar-refractivity contribution in [3.05, 3.63) is 33.8 Å². The van der Waals surface area contributed by atoms with Crippen molar-refractivity contribution in [3.63, 3.8) is 0 Å². The number of benzene rings is 1. The van der Waals surface area contributed by atoms with Crippen molar-refractivity contribution in [3.8, 4) is 0 Å². The maximum atomic E-state index is 12.1. The van der Waals surface area contributed by atoms with Gasteiger partial charge in [-0.2, -0.15) is 0 Å². The lowest BCUT2D eigenvalue weighted by molar-refractivity contribution is -0.131. The van der Waals surface area contributed by atoms with Gasteiger partial charge in [0.2, 0.25) is 5.91 Å². The van der Waals surface area contributed by atoms with Crippen LogP contribution in [0.25, 0.3) is 0 Å². The highest BCUT2D eigenvalue weighted by Gasteiger charge is 2.20. The number of carbonyl (C=O) groups excluding carboxylic acids is 1. The normalized spacial score (nSPS) is 18.6. The number of rotatable bonds is 4. The number of hydrogen-bond donors (Lipinski definition) is 1. The number of halogens is 2. The summed E-state index contributed by atoms with van der Waals surface area (Å²) in [7, 11) is 1.81. The molecule has 1 aromatic carbocycles. The number of hydrogen-bond acceptors (Lipinski definition) is 2. The van der Waals surface area contributed by atoms with E-state index in [1.54, 1.807) is 11.0 Å². The Labute approximate surface area is 123 Å². The molecule has 0 spiro atoms. The standard InChI is InChI=1S/C14H18Cl2N2O/c1-18(13(19)7-10-5-6-17-8-10)9-11-3-2-4-12(15)14(11)16/h2-4,10,17H,5-9H2,1H3. The monoisotopic (exact) mass is 300 g/mol. The van der Waals surface area contributed by atoms with Gasteiger partial charge in [-0.25, -0.2) is 0 Å². The zero-order valence-corrected chi connectivity index (χ0v) is 12.5.